The summed E-state index contributed by atoms with van der Waals surface area (Å²) in [6.45, 7) is 2.48. The number of nitrogens with one attached hydrogen (secondary N) is 2. The van der Waals surface area contributed by atoms with Crippen molar-refractivity contribution in [2.24, 2.45) is 0 Å². The topological polar surface area (TPSA) is 138 Å². The summed E-state index contributed by atoms with van der Waals surface area (Å²) in [4.78, 5) is 25.1. The predicted octanol–water partition coefficient (Wildman–Crippen LogP) is 1.30. The number of hydrogen-bond donors (Lipinski definition) is 2. The zero-order valence-electron chi connectivity index (χ0n) is 17.2. The first-order valence-electron chi connectivity index (χ1n) is 10.4. The fraction of sp³-hybridized carbons (Fsp3) is 0.400. The quantitative estimate of drug-likeness (QED) is 0.587. The highest BCUT2D eigenvalue weighted by atomic mass is 16.5. The molecule has 0 radical (unpaired) electrons. The number of hydrogen-bond acceptors (Lipinski definition) is 8. The Morgan fingerprint density at radius 3 is 1.78 bits per heavy atom. The Balaban J connectivity index is 1.21. The van der Waals surface area contributed by atoms with Crippen LogP contribution < -0.4 is 10.6 Å². The first-order chi connectivity index (χ1) is 15.7. The fourth-order valence-electron chi connectivity index (χ4n) is 3.64. The maximum Gasteiger partial charge on any atom is 0.277 e. The molecule has 1 aromatic carbocycles. The molecule has 2 atom stereocenters. The molecule has 12 heteroatoms. The van der Waals surface area contributed by atoms with Crippen LogP contribution in [0, 0.1) is 0 Å². The maximum absolute atomic E-state index is 12.5. The van der Waals surface area contributed by atoms with E-state index in [2.05, 4.69) is 31.3 Å². The van der Waals surface area contributed by atoms with E-state index in [1.807, 2.05) is 0 Å². The van der Waals surface area contributed by atoms with Gasteiger partial charge in [-0.1, -0.05) is 16.5 Å². The minimum atomic E-state index is -0.389. The zero-order valence-corrected chi connectivity index (χ0v) is 17.2. The molecule has 2 fully saturated rings. The van der Waals surface area contributed by atoms with Crippen LogP contribution in [0.1, 0.15) is 45.9 Å². The summed E-state index contributed by atoms with van der Waals surface area (Å²) in [6, 6.07) is 7.02. The predicted molar refractivity (Wildman–Crippen MR) is 111 cm³/mol. The van der Waals surface area contributed by atoms with Crippen molar-refractivity contribution in [1.82, 2.24) is 30.0 Å². The summed E-state index contributed by atoms with van der Waals surface area (Å²) in [5.41, 5.74) is 1.44. The molecule has 12 nitrogen and oxygen atoms in total. The monoisotopic (exact) mass is 438 g/mol. The van der Waals surface area contributed by atoms with Crippen LogP contribution in [0.3, 0.4) is 0 Å². The highest BCUT2D eigenvalue weighted by molar-refractivity contribution is 6.04. The standard InChI is InChI=1S/C20H22N8O4/c29-19(17-9-27(25-23-17)15-4-6-31-11-15)21-13-2-1-3-14(8-13)22-20(30)18-10-28(26-24-18)16-5-7-32-12-16/h1-3,8-10,15-16H,4-7,11-12H2,(H,21,29)(H,22,30). The summed E-state index contributed by atoms with van der Waals surface area (Å²) in [5.74, 6) is -0.777. The Morgan fingerprint density at radius 1 is 0.844 bits per heavy atom. The molecule has 2 unspecified atom stereocenters. The van der Waals surface area contributed by atoms with Gasteiger partial charge in [0.15, 0.2) is 11.4 Å². The lowest BCUT2D eigenvalue weighted by Crippen LogP contribution is -2.15. The normalized spacial score (nSPS) is 20.4. The third kappa shape index (κ3) is 4.36. The minimum absolute atomic E-state index is 0.0988. The lowest BCUT2D eigenvalue weighted by atomic mass is 10.2. The summed E-state index contributed by atoms with van der Waals surface area (Å²) >= 11 is 0. The molecule has 0 spiro atoms. The van der Waals surface area contributed by atoms with E-state index in [0.717, 1.165) is 12.8 Å². The van der Waals surface area contributed by atoms with Gasteiger partial charge in [0.25, 0.3) is 11.8 Å². The second kappa shape index (κ2) is 8.85. The van der Waals surface area contributed by atoms with Crippen molar-refractivity contribution in [2.45, 2.75) is 24.9 Å². The van der Waals surface area contributed by atoms with E-state index in [1.54, 1.807) is 46.0 Å². The van der Waals surface area contributed by atoms with Gasteiger partial charge in [-0.25, -0.2) is 9.36 Å². The first kappa shape index (κ1) is 20.3. The van der Waals surface area contributed by atoms with E-state index in [1.165, 1.54) is 0 Å². The molecule has 0 bridgehead atoms. The van der Waals surface area contributed by atoms with Crippen LogP contribution in [0.25, 0.3) is 0 Å². The van der Waals surface area contributed by atoms with Gasteiger partial charge >= 0.3 is 0 Å². The summed E-state index contributed by atoms with van der Waals surface area (Å²) in [5, 5.41) is 21.5. The second-order valence-corrected chi connectivity index (χ2v) is 7.69. The van der Waals surface area contributed by atoms with Gasteiger partial charge in [0, 0.05) is 24.6 Å². The Morgan fingerprint density at radius 2 is 1.34 bits per heavy atom. The smallest absolute Gasteiger partial charge is 0.277 e. The lowest BCUT2D eigenvalue weighted by Gasteiger charge is -2.07. The zero-order chi connectivity index (χ0) is 21.9. The minimum Gasteiger partial charge on any atom is -0.379 e. The van der Waals surface area contributed by atoms with Crippen LogP contribution >= 0.6 is 0 Å². The largest absolute Gasteiger partial charge is 0.379 e. The van der Waals surface area contributed by atoms with Gasteiger partial charge in [-0.15, -0.1) is 10.2 Å². The van der Waals surface area contributed by atoms with Crippen molar-refractivity contribution in [3.8, 4) is 0 Å². The molecule has 0 saturated carbocycles. The lowest BCUT2D eigenvalue weighted by molar-refractivity contribution is 0.101. The Bertz CT molecular complexity index is 1030. The van der Waals surface area contributed by atoms with Crippen LogP contribution in [0.4, 0.5) is 11.4 Å². The third-order valence-electron chi connectivity index (χ3n) is 5.42. The van der Waals surface area contributed by atoms with Gasteiger partial charge in [0.2, 0.25) is 0 Å². The third-order valence-corrected chi connectivity index (χ3v) is 5.42. The highest BCUT2D eigenvalue weighted by Gasteiger charge is 2.22. The SMILES string of the molecule is O=C(Nc1cccc(NC(=O)c2cn(C3CCOC3)nn2)c1)c1cn(C2CCOC2)nn1. The molecule has 32 heavy (non-hydrogen) atoms. The molecular formula is C20H22N8O4. The van der Waals surface area contributed by atoms with Crippen LogP contribution in [-0.2, 0) is 9.47 Å². The van der Waals surface area contributed by atoms with Crippen LogP contribution in [0.15, 0.2) is 36.7 Å². The Hall–Kier alpha value is -3.64. The van der Waals surface area contributed by atoms with E-state index < -0.39 is 0 Å². The summed E-state index contributed by atoms with van der Waals surface area (Å²) < 4.78 is 14.0. The highest BCUT2D eigenvalue weighted by Crippen LogP contribution is 2.20. The molecule has 5 rings (SSSR count). The number of nitrogens with zero attached hydrogens (tertiary/aromatic N) is 6. The molecule has 2 amide bonds. The van der Waals surface area contributed by atoms with Gasteiger partial charge in [0.1, 0.15) is 0 Å². The van der Waals surface area contributed by atoms with Gasteiger partial charge in [0.05, 0.1) is 37.7 Å². The van der Waals surface area contributed by atoms with E-state index in [-0.39, 0.29) is 35.3 Å². The van der Waals surface area contributed by atoms with Crippen molar-refractivity contribution in [1.29, 1.82) is 0 Å². The van der Waals surface area contributed by atoms with Crippen molar-refractivity contribution in [2.75, 3.05) is 37.1 Å². The van der Waals surface area contributed by atoms with E-state index >= 15 is 0 Å². The average molecular weight is 438 g/mol. The number of carbonyl (C=O) groups excluding carboxylic acids is 2. The van der Waals surface area contributed by atoms with Crippen molar-refractivity contribution in [3.05, 3.63) is 48.0 Å². The number of rotatable bonds is 6. The van der Waals surface area contributed by atoms with Crippen LogP contribution in [0.2, 0.25) is 0 Å². The van der Waals surface area contributed by atoms with Gasteiger partial charge in [-0.3, -0.25) is 9.59 Å². The van der Waals surface area contributed by atoms with Crippen molar-refractivity contribution in [3.63, 3.8) is 0 Å². The molecule has 2 saturated heterocycles. The molecule has 166 valence electrons. The molecule has 4 heterocycles. The number of ether oxygens (including phenoxy) is 2. The molecule has 2 aliphatic rings. The van der Waals surface area contributed by atoms with Gasteiger partial charge in [-0.2, -0.15) is 0 Å². The number of benzene rings is 1. The number of anilines is 2. The van der Waals surface area contributed by atoms with Crippen molar-refractivity contribution >= 4 is 23.2 Å². The number of carbonyl (C=O) groups is 2. The Kier molecular flexibility index (Phi) is 5.60. The molecular weight excluding hydrogens is 416 g/mol. The van der Waals surface area contributed by atoms with Gasteiger partial charge < -0.3 is 20.1 Å². The second-order valence-electron chi connectivity index (χ2n) is 7.69. The average Bonchev–Trinajstić information content (AvgIpc) is 3.60. The molecule has 2 aliphatic heterocycles. The van der Waals surface area contributed by atoms with Gasteiger partial charge in [-0.05, 0) is 31.0 Å². The maximum atomic E-state index is 12.5. The van der Waals surface area contributed by atoms with Crippen LogP contribution in [-0.4, -0.2) is 68.2 Å². The molecule has 2 N–H and O–H groups in total. The first-order valence-corrected chi connectivity index (χ1v) is 10.4. The summed E-state index contributed by atoms with van der Waals surface area (Å²) in [6.07, 6.45) is 4.90. The Labute approximate surface area is 182 Å². The van der Waals surface area contributed by atoms with E-state index in [0.29, 0.717) is 37.8 Å². The van der Waals surface area contributed by atoms with E-state index in [9.17, 15) is 9.59 Å². The number of aromatic nitrogens is 6. The molecule has 0 aliphatic carbocycles. The number of amides is 2. The fourth-order valence-corrected chi connectivity index (χ4v) is 3.64. The van der Waals surface area contributed by atoms with Crippen molar-refractivity contribution < 1.29 is 19.1 Å². The summed E-state index contributed by atoms with van der Waals surface area (Å²) in [7, 11) is 0. The molecule has 3 aromatic rings. The molecule has 2 aromatic heterocycles. The van der Waals surface area contributed by atoms with Crippen LogP contribution in [0.5, 0.6) is 0 Å². The van der Waals surface area contributed by atoms with E-state index in [4.69, 9.17) is 9.47 Å².